The lowest BCUT2D eigenvalue weighted by molar-refractivity contribution is -0.136. The van der Waals surface area contributed by atoms with Crippen LogP contribution in [0.15, 0.2) is 24.3 Å². The van der Waals surface area contributed by atoms with Crippen molar-refractivity contribution in [3.05, 3.63) is 29.8 Å². The maximum absolute atomic E-state index is 12.1. The van der Waals surface area contributed by atoms with E-state index in [0.717, 1.165) is 5.69 Å². The molecule has 2 rings (SSSR count). The molecular formula is C15H21N3O2. The van der Waals surface area contributed by atoms with E-state index in [4.69, 9.17) is 0 Å². The number of para-hydroxylation sites is 1. The number of nitrogens with zero attached hydrogens (tertiary/aromatic N) is 1. The second-order valence-corrected chi connectivity index (χ2v) is 5.26. The molecule has 0 saturated carbocycles. The van der Waals surface area contributed by atoms with Crippen LogP contribution in [0.4, 0.5) is 5.69 Å². The van der Waals surface area contributed by atoms with Crippen LogP contribution in [0.3, 0.4) is 0 Å². The molecule has 20 heavy (non-hydrogen) atoms. The number of benzene rings is 1. The van der Waals surface area contributed by atoms with Crippen LogP contribution >= 0.6 is 0 Å². The van der Waals surface area contributed by atoms with Crippen molar-refractivity contribution in [1.29, 1.82) is 0 Å². The summed E-state index contributed by atoms with van der Waals surface area (Å²) in [6, 6.07) is 7.99. The Morgan fingerprint density at radius 1 is 1.40 bits per heavy atom. The quantitative estimate of drug-likeness (QED) is 0.867. The van der Waals surface area contributed by atoms with Gasteiger partial charge in [0.15, 0.2) is 0 Å². The van der Waals surface area contributed by atoms with E-state index < -0.39 is 0 Å². The number of hydrogen-bond donors (Lipinski definition) is 2. The molecule has 0 unspecified atom stereocenters. The normalized spacial score (nSPS) is 15.2. The average Bonchev–Trinajstić information content (AvgIpc) is 2.45. The number of nitrogens with one attached hydrogen (secondary N) is 2. The lowest BCUT2D eigenvalue weighted by atomic mass is 10.0. The monoisotopic (exact) mass is 275 g/mol. The van der Waals surface area contributed by atoms with Gasteiger partial charge in [-0.1, -0.05) is 32.0 Å². The van der Waals surface area contributed by atoms with Gasteiger partial charge in [0.2, 0.25) is 11.8 Å². The summed E-state index contributed by atoms with van der Waals surface area (Å²) >= 11 is 0. The van der Waals surface area contributed by atoms with Crippen molar-refractivity contribution in [2.24, 2.45) is 0 Å². The Morgan fingerprint density at radius 2 is 2.15 bits per heavy atom. The van der Waals surface area contributed by atoms with Gasteiger partial charge in [-0.2, -0.15) is 0 Å². The Labute approximate surface area is 119 Å². The molecule has 2 amide bonds. The highest BCUT2D eigenvalue weighted by Gasteiger charge is 2.20. The zero-order valence-electron chi connectivity index (χ0n) is 12.0. The van der Waals surface area contributed by atoms with Gasteiger partial charge < -0.3 is 15.5 Å². The Kier molecular flexibility index (Phi) is 4.61. The molecular weight excluding hydrogens is 254 g/mol. The topological polar surface area (TPSA) is 61.4 Å². The smallest absolute Gasteiger partial charge is 0.242 e. The van der Waals surface area contributed by atoms with Crippen LogP contribution < -0.4 is 10.6 Å². The summed E-state index contributed by atoms with van der Waals surface area (Å²) in [4.78, 5) is 24.9. The maximum Gasteiger partial charge on any atom is 0.242 e. The van der Waals surface area contributed by atoms with E-state index in [0.29, 0.717) is 19.0 Å². The van der Waals surface area contributed by atoms with Crippen molar-refractivity contribution in [2.75, 3.05) is 31.5 Å². The first kappa shape index (κ1) is 14.4. The molecule has 5 nitrogen and oxygen atoms in total. The van der Waals surface area contributed by atoms with E-state index in [1.807, 2.05) is 18.2 Å². The SMILES string of the molecule is CC(C)c1ccccc1NCC(=O)N1CCNC(=O)C1. The molecule has 1 aromatic rings. The first-order valence-electron chi connectivity index (χ1n) is 6.95. The van der Waals surface area contributed by atoms with Crippen LogP contribution in [0.5, 0.6) is 0 Å². The molecule has 0 aromatic heterocycles. The molecule has 0 aliphatic carbocycles. The molecule has 1 aliphatic heterocycles. The van der Waals surface area contributed by atoms with E-state index in [2.05, 4.69) is 30.5 Å². The zero-order chi connectivity index (χ0) is 14.5. The van der Waals surface area contributed by atoms with Crippen molar-refractivity contribution >= 4 is 17.5 Å². The lowest BCUT2D eigenvalue weighted by Gasteiger charge is -2.27. The van der Waals surface area contributed by atoms with Gasteiger partial charge in [-0.25, -0.2) is 0 Å². The summed E-state index contributed by atoms with van der Waals surface area (Å²) < 4.78 is 0. The van der Waals surface area contributed by atoms with Crippen LogP contribution in [0.2, 0.25) is 0 Å². The molecule has 1 aromatic carbocycles. The third kappa shape index (κ3) is 3.50. The van der Waals surface area contributed by atoms with Gasteiger partial charge >= 0.3 is 0 Å². The highest BCUT2D eigenvalue weighted by molar-refractivity contribution is 5.88. The summed E-state index contributed by atoms with van der Waals surface area (Å²) in [5.74, 6) is 0.264. The predicted molar refractivity (Wildman–Crippen MR) is 78.6 cm³/mol. The van der Waals surface area contributed by atoms with E-state index in [1.165, 1.54) is 5.56 Å². The molecule has 0 bridgehead atoms. The zero-order valence-corrected chi connectivity index (χ0v) is 12.0. The van der Waals surface area contributed by atoms with Crippen LogP contribution in [0.25, 0.3) is 0 Å². The highest BCUT2D eigenvalue weighted by Crippen LogP contribution is 2.23. The molecule has 108 valence electrons. The number of anilines is 1. The van der Waals surface area contributed by atoms with Crippen molar-refractivity contribution in [3.63, 3.8) is 0 Å². The summed E-state index contributed by atoms with van der Waals surface area (Å²) in [5, 5.41) is 5.90. The third-order valence-electron chi connectivity index (χ3n) is 3.40. The summed E-state index contributed by atoms with van der Waals surface area (Å²) in [6.07, 6.45) is 0. The van der Waals surface area contributed by atoms with Gasteiger partial charge in [-0.05, 0) is 17.5 Å². The summed E-state index contributed by atoms with van der Waals surface area (Å²) in [5.41, 5.74) is 2.17. The lowest BCUT2D eigenvalue weighted by Crippen LogP contribution is -2.51. The standard InChI is InChI=1S/C15H21N3O2/c1-11(2)12-5-3-4-6-13(12)17-9-15(20)18-8-7-16-14(19)10-18/h3-6,11,17H,7-10H2,1-2H3,(H,16,19). The molecule has 0 radical (unpaired) electrons. The van der Waals surface area contributed by atoms with Crippen LogP contribution in [0.1, 0.15) is 25.3 Å². The minimum absolute atomic E-state index is 0.0431. The molecule has 0 atom stereocenters. The molecule has 1 fully saturated rings. The minimum atomic E-state index is -0.0906. The number of carbonyl (C=O) groups is 2. The fourth-order valence-electron chi connectivity index (χ4n) is 2.30. The summed E-state index contributed by atoms with van der Waals surface area (Å²) in [6.45, 7) is 5.74. The van der Waals surface area contributed by atoms with Crippen LogP contribution in [-0.2, 0) is 9.59 Å². The Morgan fingerprint density at radius 3 is 2.85 bits per heavy atom. The third-order valence-corrected chi connectivity index (χ3v) is 3.40. The van der Waals surface area contributed by atoms with Crippen molar-refractivity contribution < 1.29 is 9.59 Å². The van der Waals surface area contributed by atoms with Crippen molar-refractivity contribution in [3.8, 4) is 0 Å². The number of carbonyl (C=O) groups excluding carboxylic acids is 2. The minimum Gasteiger partial charge on any atom is -0.376 e. The van der Waals surface area contributed by atoms with Gasteiger partial charge in [-0.15, -0.1) is 0 Å². The first-order chi connectivity index (χ1) is 9.58. The fourth-order valence-corrected chi connectivity index (χ4v) is 2.30. The van der Waals surface area contributed by atoms with Crippen LogP contribution in [0, 0.1) is 0 Å². The van der Waals surface area contributed by atoms with Crippen molar-refractivity contribution in [1.82, 2.24) is 10.2 Å². The number of amides is 2. The van der Waals surface area contributed by atoms with Gasteiger partial charge in [-0.3, -0.25) is 9.59 Å². The highest BCUT2D eigenvalue weighted by atomic mass is 16.2. The second kappa shape index (κ2) is 6.41. The average molecular weight is 275 g/mol. The van der Waals surface area contributed by atoms with Gasteiger partial charge in [0.1, 0.15) is 0 Å². The fraction of sp³-hybridized carbons (Fsp3) is 0.467. The molecule has 1 aliphatic rings. The van der Waals surface area contributed by atoms with E-state index in [9.17, 15) is 9.59 Å². The maximum atomic E-state index is 12.1. The molecule has 1 heterocycles. The Bertz CT molecular complexity index is 500. The van der Waals surface area contributed by atoms with Gasteiger partial charge in [0.25, 0.3) is 0 Å². The molecule has 0 spiro atoms. The Hall–Kier alpha value is -2.04. The molecule has 5 heteroatoms. The van der Waals surface area contributed by atoms with Crippen LogP contribution in [-0.4, -0.2) is 42.9 Å². The predicted octanol–water partition coefficient (Wildman–Crippen LogP) is 1.18. The van der Waals surface area contributed by atoms with E-state index in [-0.39, 0.29) is 24.9 Å². The van der Waals surface area contributed by atoms with E-state index in [1.54, 1.807) is 4.90 Å². The molecule has 2 N–H and O–H groups in total. The first-order valence-corrected chi connectivity index (χ1v) is 6.95. The number of piperazine rings is 1. The van der Waals surface area contributed by atoms with Crippen molar-refractivity contribution in [2.45, 2.75) is 19.8 Å². The Balaban J connectivity index is 1.95. The van der Waals surface area contributed by atoms with Gasteiger partial charge in [0.05, 0.1) is 13.1 Å². The molecule has 1 saturated heterocycles. The number of hydrogen-bond acceptors (Lipinski definition) is 3. The summed E-state index contributed by atoms with van der Waals surface area (Å²) in [7, 11) is 0. The number of rotatable bonds is 4. The largest absolute Gasteiger partial charge is 0.376 e. The van der Waals surface area contributed by atoms with E-state index >= 15 is 0 Å². The second-order valence-electron chi connectivity index (χ2n) is 5.26. The van der Waals surface area contributed by atoms with Gasteiger partial charge in [0, 0.05) is 18.8 Å².